The number of halogens is 1. The van der Waals surface area contributed by atoms with Crippen LogP contribution in [0.25, 0.3) is 0 Å². The maximum Gasteiger partial charge on any atom is 0.336 e. The highest BCUT2D eigenvalue weighted by atomic mass is 127. The fraction of sp³-hybridized carbons (Fsp3) is 0.500. The maximum absolute atomic E-state index is 10.7. The number of esters is 1. The third-order valence-electron chi connectivity index (χ3n) is 0.989. The van der Waals surface area contributed by atoms with Crippen molar-refractivity contribution in [3.63, 3.8) is 0 Å². The highest BCUT2D eigenvalue weighted by molar-refractivity contribution is 14.1. The van der Waals surface area contributed by atoms with Gasteiger partial charge in [-0.1, -0.05) is 22.6 Å². The molecule has 0 aliphatic heterocycles. The van der Waals surface area contributed by atoms with E-state index in [1.807, 2.05) is 22.6 Å². The van der Waals surface area contributed by atoms with Gasteiger partial charge in [0.1, 0.15) is 0 Å². The first-order chi connectivity index (χ1) is 4.63. The molecule has 0 bridgehead atoms. The highest BCUT2D eigenvalue weighted by Gasteiger charge is 2.13. The summed E-state index contributed by atoms with van der Waals surface area (Å²) in [7, 11) is 1.28. The lowest BCUT2D eigenvalue weighted by Gasteiger charge is -2.05. The molecule has 1 N–H and O–H groups in total. The zero-order valence-corrected chi connectivity index (χ0v) is 7.95. The van der Waals surface area contributed by atoms with Gasteiger partial charge in [-0.15, -0.1) is 0 Å². The number of aliphatic hydroxyl groups is 1. The molecule has 10 heavy (non-hydrogen) atoms. The first-order valence-corrected chi connectivity index (χ1v) is 3.94. The molecule has 0 saturated carbocycles. The van der Waals surface area contributed by atoms with E-state index in [-0.39, 0.29) is 5.57 Å². The van der Waals surface area contributed by atoms with Crippen LogP contribution in [0.4, 0.5) is 0 Å². The minimum atomic E-state index is -0.760. The van der Waals surface area contributed by atoms with Crippen LogP contribution in [0, 0.1) is 0 Å². The molecule has 58 valence electrons. The first kappa shape index (κ1) is 9.90. The molecule has 3 nitrogen and oxygen atoms in total. The van der Waals surface area contributed by atoms with Crippen molar-refractivity contribution in [2.45, 2.75) is 13.0 Å². The fourth-order valence-corrected chi connectivity index (χ4v) is 1.20. The smallest absolute Gasteiger partial charge is 0.336 e. The van der Waals surface area contributed by atoms with Crippen molar-refractivity contribution >= 4 is 28.6 Å². The van der Waals surface area contributed by atoms with Crippen LogP contribution in [-0.2, 0) is 9.53 Å². The summed E-state index contributed by atoms with van der Waals surface area (Å²) >= 11 is 1.88. The van der Waals surface area contributed by atoms with E-state index in [0.29, 0.717) is 0 Å². The Bertz CT molecular complexity index is 151. The summed E-state index contributed by atoms with van der Waals surface area (Å²) in [5.41, 5.74) is 0.281. The Hall–Kier alpha value is -0.100. The van der Waals surface area contributed by atoms with Gasteiger partial charge in [-0.25, -0.2) is 4.79 Å². The van der Waals surface area contributed by atoms with Crippen LogP contribution in [0.3, 0.4) is 0 Å². The van der Waals surface area contributed by atoms with Gasteiger partial charge in [-0.2, -0.15) is 0 Å². The molecule has 1 atom stereocenters. The number of ether oxygens (including phenoxy) is 1. The number of carbonyl (C=O) groups is 1. The predicted molar refractivity (Wildman–Crippen MR) is 45.8 cm³/mol. The summed E-state index contributed by atoms with van der Waals surface area (Å²) in [5, 5.41) is 8.94. The molecule has 0 rings (SSSR count). The number of aliphatic hydroxyl groups excluding tert-OH is 1. The van der Waals surface area contributed by atoms with E-state index in [4.69, 9.17) is 5.11 Å². The molecule has 0 aliphatic carbocycles. The summed E-state index contributed by atoms with van der Waals surface area (Å²) in [4.78, 5) is 10.7. The molecule has 0 saturated heterocycles. The second kappa shape index (κ2) is 4.68. The van der Waals surface area contributed by atoms with Crippen molar-refractivity contribution in [2.75, 3.05) is 7.11 Å². The van der Waals surface area contributed by atoms with Crippen LogP contribution in [0.5, 0.6) is 0 Å². The quantitative estimate of drug-likeness (QED) is 0.453. The minimum absolute atomic E-state index is 0.281. The molecule has 0 heterocycles. The molecule has 0 aromatic rings. The molecule has 0 fully saturated rings. The molecule has 0 aromatic heterocycles. The van der Waals surface area contributed by atoms with Gasteiger partial charge >= 0.3 is 5.97 Å². The van der Waals surface area contributed by atoms with Crippen LogP contribution in [0.2, 0.25) is 0 Å². The number of carbonyl (C=O) groups excluding carboxylic acids is 1. The van der Waals surface area contributed by atoms with Gasteiger partial charge < -0.3 is 9.84 Å². The van der Waals surface area contributed by atoms with E-state index in [1.54, 1.807) is 0 Å². The van der Waals surface area contributed by atoms with Crippen molar-refractivity contribution in [1.82, 2.24) is 0 Å². The molecular formula is C6H9IO3. The summed E-state index contributed by atoms with van der Waals surface area (Å²) in [6.07, 6.45) is -0.760. The van der Waals surface area contributed by atoms with Crippen LogP contribution in [0.1, 0.15) is 6.92 Å². The Morgan fingerprint density at radius 3 is 2.40 bits per heavy atom. The van der Waals surface area contributed by atoms with Gasteiger partial charge in [0.05, 0.1) is 18.8 Å². The Balaban J connectivity index is 4.24. The largest absolute Gasteiger partial charge is 0.466 e. The molecule has 0 radical (unpaired) electrons. The van der Waals surface area contributed by atoms with E-state index in [1.165, 1.54) is 18.1 Å². The lowest BCUT2D eigenvalue weighted by atomic mass is 10.2. The normalized spacial score (nSPS) is 14.6. The highest BCUT2D eigenvalue weighted by Crippen LogP contribution is 2.06. The minimum Gasteiger partial charge on any atom is -0.466 e. The lowest BCUT2D eigenvalue weighted by Crippen LogP contribution is -2.15. The average molecular weight is 256 g/mol. The number of hydrogen-bond acceptors (Lipinski definition) is 3. The number of methoxy groups -OCH3 is 1. The summed E-state index contributed by atoms with van der Waals surface area (Å²) in [5.74, 6) is -0.482. The number of rotatable bonds is 2. The van der Waals surface area contributed by atoms with Crippen LogP contribution < -0.4 is 0 Å². The van der Waals surface area contributed by atoms with E-state index < -0.39 is 12.1 Å². The van der Waals surface area contributed by atoms with Gasteiger partial charge in [0.15, 0.2) is 0 Å². The monoisotopic (exact) mass is 256 g/mol. The van der Waals surface area contributed by atoms with Gasteiger partial charge in [-0.05, 0) is 11.0 Å². The summed E-state index contributed by atoms with van der Waals surface area (Å²) in [6.45, 7) is 1.52. The van der Waals surface area contributed by atoms with Crippen molar-refractivity contribution in [3.8, 4) is 0 Å². The molecule has 1 unspecified atom stereocenters. The predicted octanol–water partition coefficient (Wildman–Crippen LogP) is 0.859. The summed E-state index contributed by atoms with van der Waals surface area (Å²) < 4.78 is 5.90. The average Bonchev–Trinajstić information content (AvgIpc) is 1.88. The van der Waals surface area contributed by atoms with Crippen molar-refractivity contribution in [2.24, 2.45) is 0 Å². The third-order valence-corrected chi connectivity index (χ3v) is 1.66. The zero-order valence-electron chi connectivity index (χ0n) is 5.80. The third kappa shape index (κ3) is 2.66. The van der Waals surface area contributed by atoms with Crippen molar-refractivity contribution in [3.05, 3.63) is 9.66 Å². The molecule has 0 aliphatic rings. The van der Waals surface area contributed by atoms with E-state index in [2.05, 4.69) is 4.74 Å². The van der Waals surface area contributed by atoms with E-state index in [0.717, 1.165) is 0 Å². The van der Waals surface area contributed by atoms with Crippen molar-refractivity contribution in [1.29, 1.82) is 0 Å². The Labute approximate surface area is 73.2 Å². The standard InChI is InChI=1S/C6H9IO3/c1-4(8)5(3-7)6(9)10-2/h3-4,8H,1-2H3/b5-3+. The molecule has 4 heteroatoms. The number of hydrogen-bond donors (Lipinski definition) is 1. The fourth-order valence-electron chi connectivity index (χ4n) is 0.424. The maximum atomic E-state index is 10.7. The van der Waals surface area contributed by atoms with Crippen LogP contribution in [0.15, 0.2) is 9.66 Å². The van der Waals surface area contributed by atoms with Gasteiger partial charge in [-0.3, -0.25) is 0 Å². The second-order valence-corrected chi connectivity index (χ2v) is 2.35. The van der Waals surface area contributed by atoms with Crippen LogP contribution in [-0.4, -0.2) is 24.3 Å². The molecular weight excluding hydrogens is 247 g/mol. The van der Waals surface area contributed by atoms with E-state index >= 15 is 0 Å². The summed E-state index contributed by atoms with van der Waals surface area (Å²) in [6, 6.07) is 0. The first-order valence-electron chi connectivity index (χ1n) is 2.70. The van der Waals surface area contributed by atoms with Crippen LogP contribution >= 0.6 is 22.6 Å². The Morgan fingerprint density at radius 1 is 1.80 bits per heavy atom. The van der Waals surface area contributed by atoms with Gasteiger partial charge in [0.2, 0.25) is 0 Å². The topological polar surface area (TPSA) is 46.5 Å². The molecule has 0 spiro atoms. The van der Waals surface area contributed by atoms with Gasteiger partial charge in [0.25, 0.3) is 0 Å². The molecule has 0 amide bonds. The lowest BCUT2D eigenvalue weighted by molar-refractivity contribution is -0.137. The van der Waals surface area contributed by atoms with E-state index in [9.17, 15) is 4.79 Å². The Morgan fingerprint density at radius 2 is 2.30 bits per heavy atom. The SMILES string of the molecule is COC(=O)/C(=C/I)C(C)O. The zero-order chi connectivity index (χ0) is 8.15. The second-order valence-electron chi connectivity index (χ2n) is 1.73. The van der Waals surface area contributed by atoms with Crippen molar-refractivity contribution < 1.29 is 14.6 Å². The molecule has 0 aromatic carbocycles. The Kier molecular flexibility index (Phi) is 4.63. The van der Waals surface area contributed by atoms with Gasteiger partial charge in [0, 0.05) is 0 Å².